The van der Waals surface area contributed by atoms with Crippen molar-refractivity contribution in [1.82, 2.24) is 19.7 Å². The summed E-state index contributed by atoms with van der Waals surface area (Å²) < 4.78 is 39.6. The highest BCUT2D eigenvalue weighted by molar-refractivity contribution is 7.89. The largest absolute Gasteiger partial charge is 0.292 e. The average molecular weight is 420 g/mol. The van der Waals surface area contributed by atoms with Crippen LogP contribution >= 0.6 is 11.3 Å². The van der Waals surface area contributed by atoms with Crippen molar-refractivity contribution in [3.05, 3.63) is 69.9 Å². The van der Waals surface area contributed by atoms with E-state index in [1.54, 1.807) is 17.5 Å². The minimum Gasteiger partial charge on any atom is -0.292 e. The van der Waals surface area contributed by atoms with Crippen LogP contribution in [0, 0.1) is 12.7 Å². The number of ketones is 1. The average Bonchev–Trinajstić information content (AvgIpc) is 3.10. The second kappa shape index (κ2) is 8.63. The molecular formula is C18H17FN4O3S2. The molecule has 3 rings (SSSR count). The highest BCUT2D eigenvalue weighted by Gasteiger charge is 2.15. The lowest BCUT2D eigenvalue weighted by atomic mass is 10.1. The Bertz CT molecular complexity index is 1060. The van der Waals surface area contributed by atoms with Crippen LogP contribution in [0.15, 0.2) is 47.8 Å². The van der Waals surface area contributed by atoms with Gasteiger partial charge in [0.05, 0.1) is 34.5 Å². The molecule has 0 saturated heterocycles. The number of benzene rings is 1. The van der Waals surface area contributed by atoms with Gasteiger partial charge in [0.25, 0.3) is 0 Å². The molecule has 2 aromatic heterocycles. The number of rotatable bonds is 8. The zero-order valence-electron chi connectivity index (χ0n) is 14.9. The van der Waals surface area contributed by atoms with E-state index >= 15 is 0 Å². The summed E-state index contributed by atoms with van der Waals surface area (Å²) in [5.41, 5.74) is 0.590. The van der Waals surface area contributed by atoms with Gasteiger partial charge < -0.3 is 0 Å². The van der Waals surface area contributed by atoms with Crippen molar-refractivity contribution in [1.29, 1.82) is 0 Å². The number of sulfonamides is 1. The molecule has 0 aliphatic carbocycles. The summed E-state index contributed by atoms with van der Waals surface area (Å²) >= 11 is 1.55. The number of nitrogens with one attached hydrogen (secondary N) is 1. The van der Waals surface area contributed by atoms with Crippen molar-refractivity contribution in [2.75, 3.05) is 0 Å². The summed E-state index contributed by atoms with van der Waals surface area (Å²) in [6, 6.07) is 4.50. The van der Waals surface area contributed by atoms with Crippen LogP contribution in [-0.2, 0) is 23.0 Å². The first-order valence-electron chi connectivity index (χ1n) is 8.34. The van der Waals surface area contributed by atoms with Gasteiger partial charge >= 0.3 is 0 Å². The van der Waals surface area contributed by atoms with E-state index in [2.05, 4.69) is 19.7 Å². The molecular weight excluding hydrogens is 403 g/mol. The monoisotopic (exact) mass is 420 g/mol. The van der Waals surface area contributed by atoms with E-state index in [9.17, 15) is 17.6 Å². The quantitative estimate of drug-likeness (QED) is 0.562. The van der Waals surface area contributed by atoms with Crippen molar-refractivity contribution in [2.45, 2.75) is 31.2 Å². The van der Waals surface area contributed by atoms with E-state index in [0.29, 0.717) is 18.5 Å². The number of thiazole rings is 1. The SMILES string of the molecule is Cc1ncc(CCC(=O)c2cnc(CNS(=O)(=O)c3ccc(F)cc3)cn2)s1. The van der Waals surface area contributed by atoms with Gasteiger partial charge in [0.15, 0.2) is 5.78 Å². The molecule has 0 atom stereocenters. The summed E-state index contributed by atoms with van der Waals surface area (Å²) in [6.07, 6.45) is 5.34. The third-order valence-corrected chi connectivity index (χ3v) is 6.22. The predicted molar refractivity (Wildman–Crippen MR) is 102 cm³/mol. The Morgan fingerprint density at radius 2 is 1.86 bits per heavy atom. The number of hydrogen-bond donors (Lipinski definition) is 1. The number of aryl methyl sites for hydroxylation is 2. The zero-order valence-corrected chi connectivity index (χ0v) is 16.6. The molecule has 10 heteroatoms. The predicted octanol–water partition coefficient (Wildman–Crippen LogP) is 2.67. The lowest BCUT2D eigenvalue weighted by Crippen LogP contribution is -2.24. The molecule has 0 bridgehead atoms. The van der Waals surface area contributed by atoms with Crippen molar-refractivity contribution in [3.63, 3.8) is 0 Å². The maximum absolute atomic E-state index is 12.9. The molecule has 1 N–H and O–H groups in total. The second-order valence-corrected chi connectivity index (χ2v) is 9.03. The number of Topliss-reactive ketones (excluding diaryl/α,β-unsaturated/α-hetero) is 1. The molecule has 0 aliphatic heterocycles. The molecule has 2 heterocycles. The van der Waals surface area contributed by atoms with Gasteiger partial charge in [0, 0.05) is 17.5 Å². The zero-order chi connectivity index (χ0) is 20.1. The standard InChI is InChI=1S/C18H17FN4O3S2/c1-12-20-10-15(27-12)4-7-18(24)17-11-21-14(8-22-17)9-23-28(25,26)16-5-2-13(19)3-6-16/h2-3,5-6,8,10-11,23H,4,7,9H2,1H3. The van der Waals surface area contributed by atoms with Crippen LogP contribution in [0.1, 0.15) is 32.5 Å². The highest BCUT2D eigenvalue weighted by Crippen LogP contribution is 2.15. The van der Waals surface area contributed by atoms with E-state index in [1.165, 1.54) is 24.5 Å². The summed E-state index contributed by atoms with van der Waals surface area (Å²) in [7, 11) is -3.80. The van der Waals surface area contributed by atoms with Gasteiger partial charge in [-0.1, -0.05) is 0 Å². The Balaban J connectivity index is 1.56. The smallest absolute Gasteiger partial charge is 0.240 e. The number of carbonyl (C=O) groups excluding carboxylic acids is 1. The van der Waals surface area contributed by atoms with Crippen molar-refractivity contribution >= 4 is 27.1 Å². The van der Waals surface area contributed by atoms with Crippen LogP contribution < -0.4 is 4.72 Å². The molecule has 0 amide bonds. The van der Waals surface area contributed by atoms with Gasteiger partial charge in [0.2, 0.25) is 10.0 Å². The maximum atomic E-state index is 12.9. The van der Waals surface area contributed by atoms with Gasteiger partial charge in [-0.15, -0.1) is 11.3 Å². The van der Waals surface area contributed by atoms with E-state index in [4.69, 9.17) is 0 Å². The molecule has 0 spiro atoms. The third kappa shape index (κ3) is 5.24. The molecule has 0 saturated carbocycles. The highest BCUT2D eigenvalue weighted by atomic mass is 32.2. The van der Waals surface area contributed by atoms with E-state index < -0.39 is 15.8 Å². The Labute approximate surface area is 165 Å². The summed E-state index contributed by atoms with van der Waals surface area (Å²) in [4.78, 5) is 25.5. The fraction of sp³-hybridized carbons (Fsp3) is 0.222. The van der Waals surface area contributed by atoms with Crippen molar-refractivity contribution in [3.8, 4) is 0 Å². The minimum absolute atomic E-state index is 0.0491. The Hall–Kier alpha value is -2.56. The molecule has 3 aromatic rings. The van der Waals surface area contributed by atoms with Crippen LogP contribution in [0.25, 0.3) is 0 Å². The minimum atomic E-state index is -3.80. The number of halogens is 1. The first kappa shape index (κ1) is 20.2. The van der Waals surface area contributed by atoms with E-state index in [0.717, 1.165) is 22.0 Å². The molecule has 7 nitrogen and oxygen atoms in total. The van der Waals surface area contributed by atoms with Crippen LogP contribution in [0.3, 0.4) is 0 Å². The van der Waals surface area contributed by atoms with Crippen molar-refractivity contribution in [2.24, 2.45) is 0 Å². The molecule has 0 unspecified atom stereocenters. The number of carbonyl (C=O) groups is 1. The van der Waals surface area contributed by atoms with Crippen molar-refractivity contribution < 1.29 is 17.6 Å². The lowest BCUT2D eigenvalue weighted by Gasteiger charge is -2.06. The molecule has 28 heavy (non-hydrogen) atoms. The molecule has 0 aliphatic rings. The third-order valence-electron chi connectivity index (χ3n) is 3.83. The van der Waals surface area contributed by atoms with Gasteiger partial charge in [-0.3, -0.25) is 9.78 Å². The normalized spacial score (nSPS) is 11.5. The van der Waals surface area contributed by atoms with Crippen LogP contribution in [0.5, 0.6) is 0 Å². The second-order valence-electron chi connectivity index (χ2n) is 5.94. The molecule has 0 fully saturated rings. The van der Waals surface area contributed by atoms with E-state index in [1.807, 2.05) is 6.92 Å². The summed E-state index contributed by atoms with van der Waals surface area (Å²) in [5.74, 6) is -0.660. The fourth-order valence-corrected chi connectivity index (χ4v) is 4.14. The topological polar surface area (TPSA) is 102 Å². The maximum Gasteiger partial charge on any atom is 0.240 e. The Morgan fingerprint density at radius 1 is 1.11 bits per heavy atom. The first-order chi connectivity index (χ1) is 13.3. The number of hydrogen-bond acceptors (Lipinski definition) is 7. The van der Waals surface area contributed by atoms with Crippen LogP contribution in [0.4, 0.5) is 4.39 Å². The van der Waals surface area contributed by atoms with Gasteiger partial charge in [-0.25, -0.2) is 27.5 Å². The van der Waals surface area contributed by atoms with Gasteiger partial charge in [0.1, 0.15) is 11.5 Å². The van der Waals surface area contributed by atoms with Gasteiger partial charge in [-0.05, 0) is 37.6 Å². The number of aromatic nitrogens is 3. The summed E-state index contributed by atoms with van der Waals surface area (Å²) in [6.45, 7) is 1.81. The Morgan fingerprint density at radius 3 is 2.46 bits per heavy atom. The first-order valence-corrected chi connectivity index (χ1v) is 10.6. The number of nitrogens with zero attached hydrogens (tertiary/aromatic N) is 3. The van der Waals surface area contributed by atoms with Crippen LogP contribution in [0.2, 0.25) is 0 Å². The lowest BCUT2D eigenvalue weighted by molar-refractivity contribution is 0.0978. The van der Waals surface area contributed by atoms with Crippen LogP contribution in [-0.4, -0.2) is 29.2 Å². The van der Waals surface area contributed by atoms with E-state index in [-0.39, 0.29) is 22.9 Å². The molecule has 1 aromatic carbocycles. The molecule has 146 valence electrons. The summed E-state index contributed by atoms with van der Waals surface area (Å²) in [5, 5.41) is 0.953. The van der Waals surface area contributed by atoms with Gasteiger partial charge in [-0.2, -0.15) is 0 Å². The molecule has 0 radical (unpaired) electrons. The Kier molecular flexibility index (Phi) is 6.22. The fourth-order valence-electron chi connectivity index (χ4n) is 2.34.